The Morgan fingerprint density at radius 1 is 1.44 bits per heavy atom. The van der Waals surface area contributed by atoms with Crippen molar-refractivity contribution in [2.75, 3.05) is 0 Å². The molecule has 1 heterocycles. The zero-order chi connectivity index (χ0) is 13.1. The molecule has 3 heteroatoms. The molecule has 3 nitrogen and oxygen atoms in total. The van der Waals surface area contributed by atoms with Gasteiger partial charge < -0.3 is 5.32 Å². The lowest BCUT2D eigenvalue weighted by Crippen LogP contribution is -2.39. The summed E-state index contributed by atoms with van der Waals surface area (Å²) < 4.78 is 1.96. The van der Waals surface area contributed by atoms with Crippen LogP contribution in [0.3, 0.4) is 0 Å². The molecule has 0 bridgehead atoms. The van der Waals surface area contributed by atoms with Crippen LogP contribution < -0.4 is 5.32 Å². The predicted molar refractivity (Wildman–Crippen MR) is 75.5 cm³/mol. The van der Waals surface area contributed by atoms with Crippen molar-refractivity contribution in [3.8, 4) is 0 Å². The highest BCUT2D eigenvalue weighted by Gasteiger charge is 2.25. The highest BCUT2D eigenvalue weighted by molar-refractivity contribution is 5.19. The van der Waals surface area contributed by atoms with Crippen LogP contribution >= 0.6 is 0 Å². The molecule has 0 amide bonds. The zero-order valence-corrected chi connectivity index (χ0v) is 12.2. The summed E-state index contributed by atoms with van der Waals surface area (Å²) in [5.74, 6) is 0.859. The lowest BCUT2D eigenvalue weighted by atomic mass is 9.82. The molecular weight excluding hydrogens is 222 g/mol. The van der Waals surface area contributed by atoms with Gasteiger partial charge in [-0.2, -0.15) is 5.10 Å². The quantitative estimate of drug-likeness (QED) is 0.887. The number of hydrogen-bond donors (Lipinski definition) is 1. The summed E-state index contributed by atoms with van der Waals surface area (Å²) in [6, 6.07) is 1.11. The zero-order valence-electron chi connectivity index (χ0n) is 12.2. The first-order chi connectivity index (χ1) is 8.63. The van der Waals surface area contributed by atoms with Gasteiger partial charge >= 0.3 is 0 Å². The van der Waals surface area contributed by atoms with Crippen molar-refractivity contribution in [1.29, 1.82) is 0 Å². The minimum Gasteiger partial charge on any atom is -0.307 e. The van der Waals surface area contributed by atoms with Gasteiger partial charge in [0.1, 0.15) is 0 Å². The van der Waals surface area contributed by atoms with Crippen LogP contribution in [0.15, 0.2) is 6.20 Å². The predicted octanol–water partition coefficient (Wildman–Crippen LogP) is 3.35. The highest BCUT2D eigenvalue weighted by Crippen LogP contribution is 2.29. The Morgan fingerprint density at radius 2 is 2.17 bits per heavy atom. The van der Waals surface area contributed by atoms with Crippen LogP contribution in [0.2, 0.25) is 0 Å². The van der Waals surface area contributed by atoms with Crippen LogP contribution in [0.5, 0.6) is 0 Å². The number of nitrogens with one attached hydrogen (secondary N) is 1. The third-order valence-electron chi connectivity index (χ3n) is 4.64. The second-order valence-corrected chi connectivity index (χ2v) is 5.76. The van der Waals surface area contributed by atoms with E-state index in [4.69, 9.17) is 0 Å². The van der Waals surface area contributed by atoms with Crippen LogP contribution in [-0.4, -0.2) is 15.8 Å². The number of rotatable bonds is 4. The van der Waals surface area contributed by atoms with E-state index >= 15 is 0 Å². The van der Waals surface area contributed by atoms with E-state index in [9.17, 15) is 0 Å². The van der Waals surface area contributed by atoms with Crippen LogP contribution in [0.4, 0.5) is 0 Å². The maximum atomic E-state index is 4.35. The molecule has 0 spiro atoms. The molecule has 102 valence electrons. The first kappa shape index (κ1) is 13.6. The van der Waals surface area contributed by atoms with Crippen molar-refractivity contribution in [3.63, 3.8) is 0 Å². The second-order valence-electron chi connectivity index (χ2n) is 5.76. The van der Waals surface area contributed by atoms with Crippen molar-refractivity contribution in [1.82, 2.24) is 15.1 Å². The molecule has 0 radical (unpaired) electrons. The summed E-state index contributed by atoms with van der Waals surface area (Å²) in [6.45, 7) is 6.74. The maximum Gasteiger partial charge on any atom is 0.0540 e. The van der Waals surface area contributed by atoms with Crippen LogP contribution in [-0.2, 0) is 7.05 Å². The van der Waals surface area contributed by atoms with Gasteiger partial charge in [-0.05, 0) is 32.6 Å². The third-order valence-corrected chi connectivity index (χ3v) is 4.64. The van der Waals surface area contributed by atoms with Crippen LogP contribution in [0.25, 0.3) is 0 Å². The molecule has 18 heavy (non-hydrogen) atoms. The number of hydrogen-bond acceptors (Lipinski definition) is 2. The van der Waals surface area contributed by atoms with E-state index in [2.05, 4.69) is 31.2 Å². The van der Waals surface area contributed by atoms with Gasteiger partial charge in [0.25, 0.3) is 0 Å². The fourth-order valence-electron chi connectivity index (χ4n) is 3.27. The van der Waals surface area contributed by atoms with E-state index in [0.717, 1.165) is 5.92 Å². The summed E-state index contributed by atoms with van der Waals surface area (Å²) in [7, 11) is 2.01. The van der Waals surface area contributed by atoms with Crippen molar-refractivity contribution < 1.29 is 0 Å². The summed E-state index contributed by atoms with van der Waals surface area (Å²) in [6.07, 6.45) is 8.84. The Kier molecular flexibility index (Phi) is 4.44. The number of aryl methyl sites for hydroxylation is 1. The molecule has 3 unspecified atom stereocenters. The van der Waals surface area contributed by atoms with Gasteiger partial charge in [0.15, 0.2) is 0 Å². The molecule has 1 saturated carbocycles. The minimum atomic E-state index is 0.413. The molecule has 1 aromatic heterocycles. The molecule has 1 aromatic rings. The first-order valence-corrected chi connectivity index (χ1v) is 7.38. The second kappa shape index (κ2) is 5.87. The van der Waals surface area contributed by atoms with Crippen molar-refractivity contribution in [3.05, 3.63) is 17.5 Å². The van der Waals surface area contributed by atoms with Crippen molar-refractivity contribution >= 4 is 0 Å². The number of aromatic nitrogens is 2. The van der Waals surface area contributed by atoms with Crippen LogP contribution in [0, 0.1) is 12.8 Å². The molecule has 1 fully saturated rings. The van der Waals surface area contributed by atoms with Gasteiger partial charge in [0.05, 0.1) is 6.20 Å². The van der Waals surface area contributed by atoms with E-state index in [1.807, 2.05) is 17.9 Å². The van der Waals surface area contributed by atoms with E-state index in [1.165, 1.54) is 43.4 Å². The van der Waals surface area contributed by atoms with Gasteiger partial charge in [-0.25, -0.2) is 0 Å². The van der Waals surface area contributed by atoms with E-state index < -0.39 is 0 Å². The van der Waals surface area contributed by atoms with Crippen molar-refractivity contribution in [2.24, 2.45) is 13.0 Å². The summed E-state index contributed by atoms with van der Waals surface area (Å²) in [4.78, 5) is 0. The summed E-state index contributed by atoms with van der Waals surface area (Å²) in [5.41, 5.74) is 2.62. The van der Waals surface area contributed by atoms with Crippen molar-refractivity contribution in [2.45, 2.75) is 65.0 Å². The molecule has 0 aromatic carbocycles. The smallest absolute Gasteiger partial charge is 0.0540 e. The lowest BCUT2D eigenvalue weighted by molar-refractivity contribution is 0.240. The minimum absolute atomic E-state index is 0.413. The van der Waals surface area contributed by atoms with Gasteiger partial charge in [-0.1, -0.05) is 26.2 Å². The summed E-state index contributed by atoms with van der Waals surface area (Å²) in [5, 5.41) is 8.18. The third kappa shape index (κ3) is 2.77. The van der Waals surface area contributed by atoms with E-state index in [0.29, 0.717) is 12.1 Å². The Labute approximate surface area is 111 Å². The van der Waals surface area contributed by atoms with Gasteiger partial charge in [0.2, 0.25) is 0 Å². The summed E-state index contributed by atoms with van der Waals surface area (Å²) >= 11 is 0. The largest absolute Gasteiger partial charge is 0.307 e. The van der Waals surface area contributed by atoms with Gasteiger partial charge in [-0.15, -0.1) is 0 Å². The molecular formula is C15H27N3. The molecule has 3 atom stereocenters. The topological polar surface area (TPSA) is 29.9 Å². The molecule has 0 aliphatic heterocycles. The molecule has 1 aliphatic carbocycles. The molecule has 1 aliphatic rings. The average molecular weight is 249 g/mol. The fraction of sp³-hybridized carbons (Fsp3) is 0.800. The Balaban J connectivity index is 2.01. The SMILES string of the molecule is CCC1CCCCC1NC(C)c1cnn(C)c1C. The van der Waals surface area contributed by atoms with Gasteiger partial charge in [0, 0.05) is 30.4 Å². The van der Waals surface area contributed by atoms with E-state index in [-0.39, 0.29) is 0 Å². The Hall–Kier alpha value is -0.830. The molecule has 1 N–H and O–H groups in total. The molecule has 2 rings (SSSR count). The monoisotopic (exact) mass is 249 g/mol. The fourth-order valence-corrected chi connectivity index (χ4v) is 3.27. The normalized spacial score (nSPS) is 26.2. The first-order valence-electron chi connectivity index (χ1n) is 7.38. The highest BCUT2D eigenvalue weighted by atomic mass is 15.3. The average Bonchev–Trinajstić information content (AvgIpc) is 2.71. The Morgan fingerprint density at radius 3 is 2.78 bits per heavy atom. The van der Waals surface area contributed by atoms with Gasteiger partial charge in [-0.3, -0.25) is 4.68 Å². The lowest BCUT2D eigenvalue weighted by Gasteiger charge is -2.34. The standard InChI is InChI=1S/C15H27N3/c1-5-13-8-6-7-9-15(13)17-11(2)14-10-16-18(4)12(14)3/h10-11,13,15,17H,5-9H2,1-4H3. The van der Waals surface area contributed by atoms with E-state index in [1.54, 1.807) is 0 Å². The molecule has 0 saturated heterocycles. The van der Waals surface area contributed by atoms with Crippen LogP contribution in [0.1, 0.15) is 63.3 Å². The maximum absolute atomic E-state index is 4.35. The number of nitrogens with zero attached hydrogens (tertiary/aromatic N) is 2. The Bertz CT molecular complexity index is 383.